The van der Waals surface area contributed by atoms with E-state index in [1.807, 2.05) is 18.0 Å². The Morgan fingerprint density at radius 3 is 2.64 bits per heavy atom. The largest absolute Gasteiger partial charge is 0.497 e. The number of carbonyl (C=O) groups is 2. The minimum Gasteiger partial charge on any atom is -0.497 e. The highest BCUT2D eigenvalue weighted by Gasteiger charge is 2.20. The minimum atomic E-state index is -0.349. The summed E-state index contributed by atoms with van der Waals surface area (Å²) in [4.78, 5) is 35.3. The highest BCUT2D eigenvalue weighted by atomic mass is 32.1. The third-order valence-electron chi connectivity index (χ3n) is 4.83. The molecule has 1 aromatic carbocycles. The van der Waals surface area contributed by atoms with Crippen LogP contribution < -0.4 is 9.54 Å². The van der Waals surface area contributed by atoms with E-state index in [0.717, 1.165) is 37.6 Å². The summed E-state index contributed by atoms with van der Waals surface area (Å²) in [6.45, 7) is 8.57. The van der Waals surface area contributed by atoms with Crippen LogP contribution in [0.2, 0.25) is 0 Å². The number of carbonyl (C=O) groups excluding carboxylic acids is 2. The molecular formula is C20H26N4O3S. The summed E-state index contributed by atoms with van der Waals surface area (Å²) in [5.41, 5.74) is 0.457. The van der Waals surface area contributed by atoms with Gasteiger partial charge in [0.15, 0.2) is 4.80 Å². The number of thiazole rings is 1. The van der Waals surface area contributed by atoms with Crippen molar-refractivity contribution in [1.29, 1.82) is 0 Å². The van der Waals surface area contributed by atoms with Crippen LogP contribution >= 0.6 is 11.3 Å². The second kappa shape index (κ2) is 9.16. The molecule has 1 aliphatic rings. The van der Waals surface area contributed by atoms with Crippen molar-refractivity contribution in [3.63, 3.8) is 0 Å². The Hall–Kier alpha value is -2.45. The fourth-order valence-corrected chi connectivity index (χ4v) is 4.00. The molecule has 0 radical (unpaired) electrons. The average Bonchev–Trinajstić information content (AvgIpc) is 3.06. The maximum atomic E-state index is 12.7. The van der Waals surface area contributed by atoms with Gasteiger partial charge in [0.2, 0.25) is 5.91 Å². The van der Waals surface area contributed by atoms with Crippen LogP contribution in [0.25, 0.3) is 0 Å². The number of methoxy groups -OCH3 is 1. The number of nitrogens with zero attached hydrogens (tertiary/aromatic N) is 4. The topological polar surface area (TPSA) is 67.1 Å². The summed E-state index contributed by atoms with van der Waals surface area (Å²) >= 11 is 1.41. The Balaban J connectivity index is 1.76. The molecule has 7 nitrogen and oxygen atoms in total. The Morgan fingerprint density at radius 1 is 1.21 bits per heavy atom. The molecule has 1 saturated heterocycles. The fourth-order valence-electron chi connectivity index (χ4n) is 3.17. The van der Waals surface area contributed by atoms with E-state index >= 15 is 0 Å². The van der Waals surface area contributed by atoms with Crippen LogP contribution in [0.3, 0.4) is 0 Å². The van der Waals surface area contributed by atoms with Gasteiger partial charge < -0.3 is 19.1 Å². The first-order valence-corrected chi connectivity index (χ1v) is 10.2. The molecule has 0 unspecified atom stereocenters. The first kappa shape index (κ1) is 20.3. The molecule has 0 spiro atoms. The molecule has 0 bridgehead atoms. The normalized spacial score (nSPS) is 15.7. The molecule has 28 heavy (non-hydrogen) atoms. The van der Waals surface area contributed by atoms with E-state index in [9.17, 15) is 9.59 Å². The SMILES string of the molecule is CCN1CCN(C(=O)Cn2cc(C)sc2=NC(=O)c2cccc(OC)c2)CC1. The summed E-state index contributed by atoms with van der Waals surface area (Å²) in [5.74, 6) is 0.319. The molecule has 1 fully saturated rings. The van der Waals surface area contributed by atoms with Crippen LogP contribution in [-0.4, -0.2) is 66.0 Å². The van der Waals surface area contributed by atoms with Gasteiger partial charge in [-0.2, -0.15) is 4.99 Å². The summed E-state index contributed by atoms with van der Waals surface area (Å²) in [6.07, 6.45) is 1.88. The van der Waals surface area contributed by atoms with Crippen LogP contribution in [0.1, 0.15) is 22.2 Å². The number of ether oxygens (including phenoxy) is 1. The highest BCUT2D eigenvalue weighted by molar-refractivity contribution is 7.09. The standard InChI is InChI=1S/C20H26N4O3S/c1-4-22-8-10-23(11-9-22)18(25)14-24-13-15(2)28-20(24)21-19(26)16-6-5-7-17(12-16)27-3/h5-7,12-13H,4,8-11,14H2,1-3H3. The van der Waals surface area contributed by atoms with Gasteiger partial charge in [-0.15, -0.1) is 11.3 Å². The van der Waals surface area contributed by atoms with Crippen LogP contribution in [-0.2, 0) is 11.3 Å². The lowest BCUT2D eigenvalue weighted by Crippen LogP contribution is -2.49. The van der Waals surface area contributed by atoms with Gasteiger partial charge in [-0.3, -0.25) is 9.59 Å². The summed E-state index contributed by atoms with van der Waals surface area (Å²) in [7, 11) is 1.56. The lowest BCUT2D eigenvalue weighted by atomic mass is 10.2. The molecule has 2 aromatic rings. The third kappa shape index (κ3) is 4.88. The molecule has 0 aliphatic carbocycles. The summed E-state index contributed by atoms with van der Waals surface area (Å²) < 4.78 is 6.94. The van der Waals surface area contributed by atoms with E-state index in [1.54, 1.807) is 35.9 Å². The first-order valence-electron chi connectivity index (χ1n) is 9.40. The van der Waals surface area contributed by atoms with Crippen LogP contribution in [0.15, 0.2) is 35.5 Å². The van der Waals surface area contributed by atoms with Crippen molar-refractivity contribution in [3.8, 4) is 5.75 Å². The molecular weight excluding hydrogens is 376 g/mol. The van der Waals surface area contributed by atoms with Crippen LogP contribution in [0, 0.1) is 6.92 Å². The minimum absolute atomic E-state index is 0.0591. The molecule has 1 aliphatic heterocycles. The van der Waals surface area contributed by atoms with Gasteiger partial charge in [-0.25, -0.2) is 0 Å². The zero-order valence-electron chi connectivity index (χ0n) is 16.6. The second-order valence-electron chi connectivity index (χ2n) is 6.72. The third-order valence-corrected chi connectivity index (χ3v) is 5.76. The van der Waals surface area contributed by atoms with E-state index in [0.29, 0.717) is 16.1 Å². The number of piperazine rings is 1. The van der Waals surface area contributed by atoms with Crippen molar-refractivity contribution < 1.29 is 14.3 Å². The lowest BCUT2D eigenvalue weighted by molar-refractivity contribution is -0.133. The number of likely N-dealkylation sites (N-methyl/N-ethyl adjacent to an activating group) is 1. The molecule has 1 aromatic heterocycles. The van der Waals surface area contributed by atoms with E-state index in [-0.39, 0.29) is 18.4 Å². The van der Waals surface area contributed by atoms with Crippen molar-refractivity contribution in [2.24, 2.45) is 4.99 Å². The van der Waals surface area contributed by atoms with Gasteiger partial charge in [-0.1, -0.05) is 13.0 Å². The Kier molecular flexibility index (Phi) is 6.64. The molecule has 150 valence electrons. The molecule has 0 saturated carbocycles. The number of aryl methyl sites for hydroxylation is 1. The van der Waals surface area contributed by atoms with Crippen molar-refractivity contribution in [2.45, 2.75) is 20.4 Å². The highest BCUT2D eigenvalue weighted by Crippen LogP contribution is 2.13. The van der Waals surface area contributed by atoms with Crippen molar-refractivity contribution in [3.05, 3.63) is 45.7 Å². The van der Waals surface area contributed by atoms with Crippen molar-refractivity contribution in [1.82, 2.24) is 14.4 Å². The average molecular weight is 403 g/mol. The van der Waals surface area contributed by atoms with Crippen molar-refractivity contribution in [2.75, 3.05) is 39.8 Å². The molecule has 8 heteroatoms. The zero-order chi connectivity index (χ0) is 20.1. The van der Waals surface area contributed by atoms with E-state index in [1.165, 1.54) is 11.3 Å². The summed E-state index contributed by atoms with van der Waals surface area (Å²) in [6, 6.07) is 6.91. The van der Waals surface area contributed by atoms with Gasteiger partial charge in [0.1, 0.15) is 12.3 Å². The fraction of sp³-hybridized carbons (Fsp3) is 0.450. The quantitative estimate of drug-likeness (QED) is 0.765. The zero-order valence-corrected chi connectivity index (χ0v) is 17.4. The van der Waals surface area contributed by atoms with Crippen molar-refractivity contribution >= 4 is 23.2 Å². The molecule has 0 N–H and O–H groups in total. The number of rotatable bonds is 5. The molecule has 0 atom stereocenters. The van der Waals surface area contributed by atoms with Gasteiger partial charge >= 0.3 is 0 Å². The monoisotopic (exact) mass is 402 g/mol. The number of amides is 2. The van der Waals surface area contributed by atoms with Crippen LogP contribution in [0.4, 0.5) is 0 Å². The van der Waals surface area contributed by atoms with Crippen LogP contribution in [0.5, 0.6) is 5.75 Å². The predicted molar refractivity (Wildman–Crippen MR) is 109 cm³/mol. The van der Waals surface area contributed by atoms with E-state index in [4.69, 9.17) is 4.74 Å². The number of benzene rings is 1. The Bertz CT molecular complexity index is 910. The molecule has 3 rings (SSSR count). The maximum absolute atomic E-state index is 12.7. The van der Waals surface area contributed by atoms with E-state index in [2.05, 4.69) is 16.8 Å². The van der Waals surface area contributed by atoms with Gasteiger partial charge in [-0.05, 0) is 31.7 Å². The Labute approximate surface area is 168 Å². The second-order valence-corrected chi connectivity index (χ2v) is 7.93. The predicted octanol–water partition coefficient (Wildman–Crippen LogP) is 1.77. The molecule has 2 heterocycles. The Morgan fingerprint density at radius 2 is 1.96 bits per heavy atom. The first-order chi connectivity index (χ1) is 13.5. The molecule has 2 amide bonds. The lowest BCUT2D eigenvalue weighted by Gasteiger charge is -2.34. The smallest absolute Gasteiger partial charge is 0.279 e. The number of hydrogen-bond acceptors (Lipinski definition) is 5. The van der Waals surface area contributed by atoms with E-state index < -0.39 is 0 Å². The van der Waals surface area contributed by atoms with Gasteiger partial charge in [0, 0.05) is 42.8 Å². The van der Waals surface area contributed by atoms with Gasteiger partial charge in [0.25, 0.3) is 5.91 Å². The number of hydrogen-bond donors (Lipinski definition) is 0. The maximum Gasteiger partial charge on any atom is 0.279 e. The van der Waals surface area contributed by atoms with Gasteiger partial charge in [0.05, 0.1) is 7.11 Å². The summed E-state index contributed by atoms with van der Waals surface area (Å²) in [5, 5.41) is 0. The number of aromatic nitrogens is 1.